The lowest BCUT2D eigenvalue weighted by atomic mass is 9.93. The Morgan fingerprint density at radius 1 is 1.20 bits per heavy atom. The predicted molar refractivity (Wildman–Crippen MR) is 40.5 cm³/mol. The van der Waals surface area contributed by atoms with E-state index in [1.165, 1.54) is 12.8 Å². The van der Waals surface area contributed by atoms with Crippen molar-refractivity contribution in [3.05, 3.63) is 12.2 Å². The molecule has 2 rings (SSSR count). The topological polar surface area (TPSA) is 20.2 Å². The van der Waals surface area contributed by atoms with Gasteiger partial charge in [-0.2, -0.15) is 0 Å². The standard InChI is InChI=1S/C9H14O/c10-6-5-9-7-1-2-8(9)4-3-7/h1-2,7-10H,3-6H2. The van der Waals surface area contributed by atoms with E-state index in [0.29, 0.717) is 6.61 Å². The van der Waals surface area contributed by atoms with Gasteiger partial charge in [-0.25, -0.2) is 0 Å². The molecule has 1 saturated carbocycles. The molecule has 0 heterocycles. The molecule has 0 spiro atoms. The zero-order valence-electron chi connectivity index (χ0n) is 6.16. The van der Waals surface area contributed by atoms with Crippen LogP contribution in [0.4, 0.5) is 0 Å². The molecule has 1 heteroatoms. The average Bonchev–Trinajstić information content (AvgIpc) is 2.50. The molecule has 2 bridgehead atoms. The second-order valence-corrected chi connectivity index (χ2v) is 3.47. The molecule has 10 heavy (non-hydrogen) atoms. The number of aliphatic hydroxyl groups excluding tert-OH is 1. The smallest absolute Gasteiger partial charge is 0.0434 e. The molecular weight excluding hydrogens is 124 g/mol. The third-order valence-corrected chi connectivity index (χ3v) is 3.00. The van der Waals surface area contributed by atoms with Gasteiger partial charge in [-0.05, 0) is 37.0 Å². The molecule has 2 aliphatic rings. The van der Waals surface area contributed by atoms with Crippen LogP contribution in [0.15, 0.2) is 12.2 Å². The maximum Gasteiger partial charge on any atom is 0.0434 e. The van der Waals surface area contributed by atoms with E-state index in [4.69, 9.17) is 5.11 Å². The van der Waals surface area contributed by atoms with Gasteiger partial charge in [-0.3, -0.25) is 0 Å². The van der Waals surface area contributed by atoms with Crippen LogP contribution in [-0.2, 0) is 0 Å². The first-order valence-electron chi connectivity index (χ1n) is 4.21. The lowest BCUT2D eigenvalue weighted by molar-refractivity contribution is 0.239. The summed E-state index contributed by atoms with van der Waals surface area (Å²) < 4.78 is 0. The maximum atomic E-state index is 8.76. The zero-order valence-corrected chi connectivity index (χ0v) is 6.16. The molecule has 56 valence electrons. The van der Waals surface area contributed by atoms with Crippen molar-refractivity contribution in [3.8, 4) is 0 Å². The van der Waals surface area contributed by atoms with E-state index in [-0.39, 0.29) is 0 Å². The zero-order chi connectivity index (χ0) is 6.97. The molecule has 0 amide bonds. The minimum absolute atomic E-state index is 0.374. The Balaban J connectivity index is 2.01. The molecular formula is C9H14O. The van der Waals surface area contributed by atoms with Crippen LogP contribution in [0.3, 0.4) is 0 Å². The summed E-state index contributed by atoms with van der Waals surface area (Å²) in [5.41, 5.74) is 0. The third-order valence-electron chi connectivity index (χ3n) is 3.00. The van der Waals surface area contributed by atoms with Crippen molar-refractivity contribution in [2.24, 2.45) is 17.8 Å². The first-order valence-corrected chi connectivity index (χ1v) is 4.21. The Labute approximate surface area is 61.8 Å². The second-order valence-electron chi connectivity index (χ2n) is 3.47. The maximum absolute atomic E-state index is 8.76. The Bertz CT molecular complexity index is 137. The van der Waals surface area contributed by atoms with E-state index >= 15 is 0 Å². The summed E-state index contributed by atoms with van der Waals surface area (Å²) in [4.78, 5) is 0. The first-order chi connectivity index (χ1) is 4.92. The van der Waals surface area contributed by atoms with Crippen molar-refractivity contribution in [3.63, 3.8) is 0 Å². The van der Waals surface area contributed by atoms with Gasteiger partial charge in [0, 0.05) is 6.61 Å². The quantitative estimate of drug-likeness (QED) is 0.574. The van der Waals surface area contributed by atoms with E-state index in [0.717, 1.165) is 24.2 Å². The average molecular weight is 138 g/mol. The van der Waals surface area contributed by atoms with Crippen LogP contribution in [0.2, 0.25) is 0 Å². The minimum Gasteiger partial charge on any atom is -0.396 e. The van der Waals surface area contributed by atoms with Crippen molar-refractivity contribution in [1.82, 2.24) is 0 Å². The van der Waals surface area contributed by atoms with E-state index in [2.05, 4.69) is 12.2 Å². The highest BCUT2D eigenvalue weighted by Crippen LogP contribution is 2.45. The van der Waals surface area contributed by atoms with Gasteiger partial charge in [-0.15, -0.1) is 0 Å². The van der Waals surface area contributed by atoms with Crippen molar-refractivity contribution < 1.29 is 5.11 Å². The van der Waals surface area contributed by atoms with Crippen LogP contribution in [0.1, 0.15) is 19.3 Å². The van der Waals surface area contributed by atoms with Gasteiger partial charge in [0.2, 0.25) is 0 Å². The normalized spacial score (nSPS) is 43.1. The lowest BCUT2D eigenvalue weighted by Gasteiger charge is -2.12. The first kappa shape index (κ1) is 6.41. The van der Waals surface area contributed by atoms with Gasteiger partial charge in [-0.1, -0.05) is 12.2 Å². The Hall–Kier alpha value is -0.300. The number of fused-ring (bicyclic) bond motifs is 2. The molecule has 2 aliphatic carbocycles. The van der Waals surface area contributed by atoms with Gasteiger partial charge in [0.25, 0.3) is 0 Å². The highest BCUT2D eigenvalue weighted by Gasteiger charge is 2.36. The van der Waals surface area contributed by atoms with Crippen molar-refractivity contribution in [2.75, 3.05) is 6.61 Å². The summed E-state index contributed by atoms with van der Waals surface area (Å²) in [7, 11) is 0. The summed E-state index contributed by atoms with van der Waals surface area (Å²) in [6.45, 7) is 0.374. The summed E-state index contributed by atoms with van der Waals surface area (Å²) in [6, 6.07) is 0. The van der Waals surface area contributed by atoms with Gasteiger partial charge in [0.05, 0.1) is 0 Å². The summed E-state index contributed by atoms with van der Waals surface area (Å²) in [6.07, 6.45) is 8.43. The third kappa shape index (κ3) is 0.807. The Morgan fingerprint density at radius 3 is 2.20 bits per heavy atom. The van der Waals surface area contributed by atoms with E-state index < -0.39 is 0 Å². The van der Waals surface area contributed by atoms with Crippen LogP contribution in [0.25, 0.3) is 0 Å². The molecule has 1 nitrogen and oxygen atoms in total. The number of hydrogen-bond donors (Lipinski definition) is 1. The molecule has 1 N–H and O–H groups in total. The second kappa shape index (κ2) is 2.39. The highest BCUT2D eigenvalue weighted by molar-refractivity contribution is 5.11. The molecule has 0 saturated heterocycles. The molecule has 0 aliphatic heterocycles. The monoisotopic (exact) mass is 138 g/mol. The summed E-state index contributed by atoms with van der Waals surface area (Å²) in [5.74, 6) is 2.43. The number of allylic oxidation sites excluding steroid dienone is 2. The number of hydrogen-bond acceptors (Lipinski definition) is 1. The van der Waals surface area contributed by atoms with Crippen LogP contribution in [-0.4, -0.2) is 11.7 Å². The molecule has 1 fully saturated rings. The Kier molecular flexibility index (Phi) is 1.53. The lowest BCUT2D eigenvalue weighted by Crippen LogP contribution is -2.08. The van der Waals surface area contributed by atoms with Crippen LogP contribution >= 0.6 is 0 Å². The van der Waals surface area contributed by atoms with Crippen molar-refractivity contribution in [1.29, 1.82) is 0 Å². The van der Waals surface area contributed by atoms with Crippen molar-refractivity contribution >= 4 is 0 Å². The van der Waals surface area contributed by atoms with Crippen LogP contribution in [0, 0.1) is 17.8 Å². The van der Waals surface area contributed by atoms with Crippen molar-refractivity contribution in [2.45, 2.75) is 19.3 Å². The SMILES string of the molecule is OCCC1C2C=CC1CC2. The molecule has 2 atom stereocenters. The fourth-order valence-electron chi connectivity index (χ4n) is 2.47. The number of rotatable bonds is 2. The van der Waals surface area contributed by atoms with E-state index in [1.54, 1.807) is 0 Å². The fourth-order valence-corrected chi connectivity index (χ4v) is 2.47. The summed E-state index contributed by atoms with van der Waals surface area (Å²) >= 11 is 0. The molecule has 0 aromatic carbocycles. The van der Waals surface area contributed by atoms with Crippen LogP contribution < -0.4 is 0 Å². The molecule has 0 aromatic heterocycles. The Morgan fingerprint density at radius 2 is 1.80 bits per heavy atom. The van der Waals surface area contributed by atoms with Gasteiger partial charge < -0.3 is 5.11 Å². The molecule has 0 radical (unpaired) electrons. The summed E-state index contributed by atoms with van der Waals surface area (Å²) in [5, 5.41) is 8.76. The largest absolute Gasteiger partial charge is 0.396 e. The minimum atomic E-state index is 0.374. The molecule has 2 unspecified atom stereocenters. The van der Waals surface area contributed by atoms with E-state index in [9.17, 15) is 0 Å². The van der Waals surface area contributed by atoms with Gasteiger partial charge in [0.15, 0.2) is 0 Å². The molecule has 0 aromatic rings. The number of aliphatic hydroxyl groups is 1. The highest BCUT2D eigenvalue weighted by atomic mass is 16.3. The fraction of sp³-hybridized carbons (Fsp3) is 0.778. The predicted octanol–water partition coefficient (Wildman–Crippen LogP) is 1.58. The van der Waals surface area contributed by atoms with Gasteiger partial charge in [0.1, 0.15) is 0 Å². The van der Waals surface area contributed by atoms with E-state index in [1.807, 2.05) is 0 Å². The van der Waals surface area contributed by atoms with Gasteiger partial charge >= 0.3 is 0 Å². The van der Waals surface area contributed by atoms with Crippen LogP contribution in [0.5, 0.6) is 0 Å².